The Kier molecular flexibility index (Phi) is 4.71. The first-order valence-corrected chi connectivity index (χ1v) is 7.49. The standard InChI is InChI=1S/C14H21N3OS/c1-5-6-15-13-11-8-10(3)19-14(11)17-12(16-13)7-9(2)18-4/h8-9H,5-7H2,1-4H3,(H,15,16,17). The van der Waals surface area contributed by atoms with Gasteiger partial charge < -0.3 is 10.1 Å². The Balaban J connectivity index is 2.37. The zero-order valence-corrected chi connectivity index (χ0v) is 12.8. The summed E-state index contributed by atoms with van der Waals surface area (Å²) in [6.45, 7) is 7.22. The van der Waals surface area contributed by atoms with E-state index >= 15 is 0 Å². The van der Waals surface area contributed by atoms with Gasteiger partial charge in [-0.25, -0.2) is 9.97 Å². The van der Waals surface area contributed by atoms with Gasteiger partial charge in [0.15, 0.2) is 0 Å². The van der Waals surface area contributed by atoms with Crippen LogP contribution in [0.4, 0.5) is 5.82 Å². The number of anilines is 1. The van der Waals surface area contributed by atoms with Crippen LogP contribution in [0.3, 0.4) is 0 Å². The minimum Gasteiger partial charge on any atom is -0.381 e. The Morgan fingerprint density at radius 2 is 2.21 bits per heavy atom. The Morgan fingerprint density at radius 1 is 1.42 bits per heavy atom. The van der Waals surface area contributed by atoms with Crippen molar-refractivity contribution in [1.29, 1.82) is 0 Å². The molecule has 2 heterocycles. The van der Waals surface area contributed by atoms with Crippen molar-refractivity contribution in [3.63, 3.8) is 0 Å². The molecule has 0 aliphatic heterocycles. The van der Waals surface area contributed by atoms with Gasteiger partial charge in [-0.2, -0.15) is 0 Å². The summed E-state index contributed by atoms with van der Waals surface area (Å²) in [5.41, 5.74) is 0. The van der Waals surface area contributed by atoms with Crippen molar-refractivity contribution in [2.45, 2.75) is 39.7 Å². The molecule has 0 saturated heterocycles. The van der Waals surface area contributed by atoms with Gasteiger partial charge in [-0.15, -0.1) is 11.3 Å². The lowest BCUT2D eigenvalue weighted by Crippen LogP contribution is -2.13. The first kappa shape index (κ1) is 14.2. The minimum absolute atomic E-state index is 0.137. The average Bonchev–Trinajstić information content (AvgIpc) is 2.76. The molecule has 0 radical (unpaired) electrons. The number of aryl methyl sites for hydroxylation is 1. The quantitative estimate of drug-likeness (QED) is 0.880. The minimum atomic E-state index is 0.137. The maximum atomic E-state index is 5.30. The van der Waals surface area contributed by atoms with Crippen LogP contribution in [0.1, 0.15) is 31.0 Å². The van der Waals surface area contributed by atoms with Crippen molar-refractivity contribution in [2.75, 3.05) is 19.0 Å². The van der Waals surface area contributed by atoms with Crippen LogP contribution < -0.4 is 5.32 Å². The third kappa shape index (κ3) is 3.42. The highest BCUT2D eigenvalue weighted by atomic mass is 32.1. The van der Waals surface area contributed by atoms with E-state index in [9.17, 15) is 0 Å². The molecule has 2 aromatic heterocycles. The highest BCUT2D eigenvalue weighted by Gasteiger charge is 2.12. The molecule has 0 fully saturated rings. The van der Waals surface area contributed by atoms with Crippen LogP contribution in [0, 0.1) is 6.92 Å². The van der Waals surface area contributed by atoms with Gasteiger partial charge in [0.05, 0.1) is 11.5 Å². The van der Waals surface area contributed by atoms with E-state index in [2.05, 4.69) is 35.2 Å². The normalized spacial score (nSPS) is 12.8. The summed E-state index contributed by atoms with van der Waals surface area (Å²) >= 11 is 1.72. The molecular formula is C14H21N3OS. The molecule has 19 heavy (non-hydrogen) atoms. The van der Waals surface area contributed by atoms with Crippen molar-refractivity contribution < 1.29 is 4.74 Å². The van der Waals surface area contributed by atoms with Crippen LogP contribution in [0.2, 0.25) is 0 Å². The SMILES string of the molecule is CCCNc1nc(CC(C)OC)nc2sc(C)cc12. The van der Waals surface area contributed by atoms with Gasteiger partial charge in [-0.1, -0.05) is 6.92 Å². The van der Waals surface area contributed by atoms with E-state index in [4.69, 9.17) is 4.74 Å². The second-order valence-electron chi connectivity index (χ2n) is 4.74. The van der Waals surface area contributed by atoms with Crippen molar-refractivity contribution in [3.05, 3.63) is 16.8 Å². The van der Waals surface area contributed by atoms with E-state index in [-0.39, 0.29) is 6.10 Å². The van der Waals surface area contributed by atoms with Gasteiger partial charge in [0.1, 0.15) is 16.5 Å². The van der Waals surface area contributed by atoms with Gasteiger partial charge in [-0.3, -0.25) is 0 Å². The van der Waals surface area contributed by atoms with Gasteiger partial charge in [0.2, 0.25) is 0 Å². The summed E-state index contributed by atoms with van der Waals surface area (Å²) in [6, 6.07) is 2.15. The number of aromatic nitrogens is 2. The first-order valence-electron chi connectivity index (χ1n) is 6.67. The summed E-state index contributed by atoms with van der Waals surface area (Å²) in [5, 5.41) is 4.53. The van der Waals surface area contributed by atoms with Gasteiger partial charge in [0, 0.05) is 25.0 Å². The summed E-state index contributed by atoms with van der Waals surface area (Å²) in [7, 11) is 1.72. The number of hydrogen-bond acceptors (Lipinski definition) is 5. The van der Waals surface area contributed by atoms with E-state index in [1.165, 1.54) is 4.88 Å². The van der Waals surface area contributed by atoms with Gasteiger partial charge in [-0.05, 0) is 26.3 Å². The Labute approximate surface area is 118 Å². The summed E-state index contributed by atoms with van der Waals surface area (Å²) < 4.78 is 5.30. The number of thiophene rings is 1. The van der Waals surface area contributed by atoms with Crippen LogP contribution in [0.5, 0.6) is 0 Å². The van der Waals surface area contributed by atoms with Crippen LogP contribution in [0.15, 0.2) is 6.07 Å². The van der Waals surface area contributed by atoms with E-state index in [0.29, 0.717) is 0 Å². The molecule has 2 rings (SSSR count). The lowest BCUT2D eigenvalue weighted by molar-refractivity contribution is 0.117. The third-order valence-electron chi connectivity index (χ3n) is 2.98. The zero-order chi connectivity index (χ0) is 13.8. The second-order valence-corrected chi connectivity index (χ2v) is 5.98. The highest BCUT2D eigenvalue weighted by molar-refractivity contribution is 7.18. The smallest absolute Gasteiger partial charge is 0.138 e. The van der Waals surface area contributed by atoms with Crippen molar-refractivity contribution >= 4 is 27.4 Å². The number of nitrogens with one attached hydrogen (secondary N) is 1. The Morgan fingerprint density at radius 3 is 2.89 bits per heavy atom. The number of hydrogen-bond donors (Lipinski definition) is 1. The molecule has 0 saturated carbocycles. The van der Waals surface area contributed by atoms with E-state index < -0.39 is 0 Å². The Bertz CT molecular complexity index is 553. The fraction of sp³-hybridized carbons (Fsp3) is 0.571. The summed E-state index contributed by atoms with van der Waals surface area (Å²) in [4.78, 5) is 11.6. The van der Waals surface area contributed by atoms with E-state index in [1.54, 1.807) is 18.4 Å². The van der Waals surface area contributed by atoms with Crippen molar-refractivity contribution in [3.8, 4) is 0 Å². The monoisotopic (exact) mass is 279 g/mol. The molecule has 1 unspecified atom stereocenters. The Hall–Kier alpha value is -1.20. The third-order valence-corrected chi connectivity index (χ3v) is 3.92. The topological polar surface area (TPSA) is 47.0 Å². The zero-order valence-electron chi connectivity index (χ0n) is 12.0. The van der Waals surface area contributed by atoms with E-state index in [0.717, 1.165) is 41.2 Å². The lowest BCUT2D eigenvalue weighted by Gasteiger charge is -2.10. The lowest BCUT2D eigenvalue weighted by atomic mass is 10.2. The van der Waals surface area contributed by atoms with Crippen molar-refractivity contribution in [2.24, 2.45) is 0 Å². The summed E-state index contributed by atoms with van der Waals surface area (Å²) in [5.74, 6) is 1.80. The van der Waals surface area contributed by atoms with Crippen LogP contribution >= 0.6 is 11.3 Å². The second kappa shape index (κ2) is 6.30. The average molecular weight is 279 g/mol. The fourth-order valence-electron chi connectivity index (χ4n) is 1.90. The van der Waals surface area contributed by atoms with Crippen molar-refractivity contribution in [1.82, 2.24) is 9.97 Å². The van der Waals surface area contributed by atoms with Gasteiger partial charge >= 0.3 is 0 Å². The van der Waals surface area contributed by atoms with Crippen LogP contribution in [-0.4, -0.2) is 29.7 Å². The summed E-state index contributed by atoms with van der Waals surface area (Å²) in [6.07, 6.45) is 1.96. The molecule has 5 heteroatoms. The molecular weight excluding hydrogens is 258 g/mol. The molecule has 0 aromatic carbocycles. The van der Waals surface area contributed by atoms with Gasteiger partial charge in [0.25, 0.3) is 0 Å². The molecule has 1 atom stereocenters. The largest absolute Gasteiger partial charge is 0.381 e. The molecule has 1 N–H and O–H groups in total. The molecule has 2 aromatic rings. The molecule has 0 bridgehead atoms. The predicted molar refractivity (Wildman–Crippen MR) is 81.1 cm³/mol. The molecule has 104 valence electrons. The highest BCUT2D eigenvalue weighted by Crippen LogP contribution is 2.28. The molecule has 0 aliphatic carbocycles. The molecule has 0 spiro atoms. The first-order chi connectivity index (χ1) is 9.13. The predicted octanol–water partition coefficient (Wildman–Crippen LogP) is 3.40. The maximum absolute atomic E-state index is 5.30. The number of rotatable bonds is 6. The number of methoxy groups -OCH3 is 1. The van der Waals surface area contributed by atoms with E-state index in [1.807, 2.05) is 6.92 Å². The fourth-order valence-corrected chi connectivity index (χ4v) is 2.79. The molecule has 0 amide bonds. The van der Waals surface area contributed by atoms with Crippen LogP contribution in [-0.2, 0) is 11.2 Å². The van der Waals surface area contributed by atoms with Crippen LogP contribution in [0.25, 0.3) is 10.2 Å². The molecule has 4 nitrogen and oxygen atoms in total. The number of fused-ring (bicyclic) bond motifs is 1. The maximum Gasteiger partial charge on any atom is 0.138 e. The number of nitrogens with zero attached hydrogens (tertiary/aromatic N) is 2. The molecule has 0 aliphatic rings. The number of ether oxygens (including phenoxy) is 1.